The highest BCUT2D eigenvalue weighted by Crippen LogP contribution is 2.46. The molecule has 0 saturated carbocycles. The van der Waals surface area contributed by atoms with Gasteiger partial charge in [0.05, 0.1) is 11.0 Å². The Morgan fingerprint density at radius 2 is 0.836 bits per heavy atom. The van der Waals surface area contributed by atoms with E-state index in [0.29, 0.717) is 0 Å². The van der Waals surface area contributed by atoms with Crippen molar-refractivity contribution in [3.63, 3.8) is 0 Å². The van der Waals surface area contributed by atoms with Crippen LogP contribution in [0.3, 0.4) is 0 Å². The first-order valence-corrected chi connectivity index (χ1v) is 19.2. The molecule has 258 valence electrons. The highest BCUT2D eigenvalue weighted by Gasteiger charge is 2.19. The summed E-state index contributed by atoms with van der Waals surface area (Å²) in [4.78, 5) is 4.96. The quantitative estimate of drug-likeness (QED) is 0.129. The highest BCUT2D eigenvalue weighted by atomic mass is 15.1. The summed E-state index contributed by atoms with van der Waals surface area (Å²) in [6.45, 7) is 2.18. The largest absolute Gasteiger partial charge is 0.296 e. The van der Waals surface area contributed by atoms with E-state index >= 15 is 0 Å². The molecule has 11 aromatic rings. The van der Waals surface area contributed by atoms with E-state index in [4.69, 9.17) is 4.98 Å². The van der Waals surface area contributed by atoms with Crippen molar-refractivity contribution in [1.29, 1.82) is 0 Å². The average Bonchev–Trinajstić information content (AvgIpc) is 3.64. The monoisotopic (exact) mass is 700 g/mol. The second kappa shape index (κ2) is 12.5. The maximum Gasteiger partial charge on any atom is 0.114 e. The van der Waals surface area contributed by atoms with Crippen LogP contribution < -0.4 is 0 Å². The molecule has 0 spiro atoms. The number of aryl methyl sites for hydroxylation is 1. The van der Waals surface area contributed by atoms with Gasteiger partial charge in [0.25, 0.3) is 0 Å². The van der Waals surface area contributed by atoms with Gasteiger partial charge >= 0.3 is 0 Å². The highest BCUT2D eigenvalue weighted by molar-refractivity contribution is 6.27. The van der Waals surface area contributed by atoms with E-state index in [-0.39, 0.29) is 0 Å². The molecule has 0 saturated heterocycles. The van der Waals surface area contributed by atoms with Crippen LogP contribution in [0.15, 0.2) is 188 Å². The van der Waals surface area contributed by atoms with Crippen molar-refractivity contribution in [2.24, 2.45) is 0 Å². The third-order valence-corrected chi connectivity index (χ3v) is 11.5. The van der Waals surface area contributed by atoms with Gasteiger partial charge in [0, 0.05) is 12.1 Å². The van der Waals surface area contributed by atoms with Gasteiger partial charge in [0.2, 0.25) is 0 Å². The average molecular weight is 701 g/mol. The lowest BCUT2D eigenvalue weighted by Gasteiger charge is -2.20. The van der Waals surface area contributed by atoms with Crippen LogP contribution in [0.25, 0.3) is 104 Å². The Morgan fingerprint density at radius 1 is 0.364 bits per heavy atom. The van der Waals surface area contributed by atoms with E-state index in [2.05, 4.69) is 200 Å². The predicted octanol–water partition coefficient (Wildman–Crippen LogP) is 14.4. The van der Waals surface area contributed by atoms with E-state index in [9.17, 15) is 0 Å². The van der Waals surface area contributed by atoms with Crippen LogP contribution in [0.4, 0.5) is 0 Å². The van der Waals surface area contributed by atoms with E-state index in [1.807, 2.05) is 0 Å². The van der Waals surface area contributed by atoms with Gasteiger partial charge in [-0.05, 0) is 124 Å². The Morgan fingerprint density at radius 3 is 1.51 bits per heavy atom. The Hall–Kier alpha value is -7.03. The molecule has 2 nitrogen and oxygen atoms in total. The maximum atomic E-state index is 4.96. The zero-order valence-corrected chi connectivity index (χ0v) is 30.5. The molecule has 0 atom stereocenters. The molecule has 0 amide bonds. The number of hydrogen-bond donors (Lipinski definition) is 0. The SMILES string of the molecule is CCc1nc2ccccc2n1-c1ccc(-c2c3ccccc3c(-c3ccc4c5ccccc5c5ccccc5c4c3)c3cc(-c4ccccc4)ccc23)cc1. The molecular formula is C53H36N2. The van der Waals surface area contributed by atoms with Gasteiger partial charge in [0.1, 0.15) is 5.82 Å². The van der Waals surface area contributed by atoms with Gasteiger partial charge < -0.3 is 0 Å². The molecule has 11 rings (SSSR count). The molecule has 0 aliphatic heterocycles. The molecule has 0 fully saturated rings. The smallest absolute Gasteiger partial charge is 0.114 e. The fourth-order valence-corrected chi connectivity index (χ4v) is 9.05. The van der Waals surface area contributed by atoms with E-state index < -0.39 is 0 Å². The summed E-state index contributed by atoms with van der Waals surface area (Å²) < 4.78 is 2.30. The van der Waals surface area contributed by atoms with E-state index in [0.717, 1.165) is 29.0 Å². The summed E-state index contributed by atoms with van der Waals surface area (Å²) in [6, 6.07) is 69.1. The lowest BCUT2D eigenvalue weighted by atomic mass is 9.84. The van der Waals surface area contributed by atoms with Crippen molar-refractivity contribution in [3.05, 3.63) is 194 Å². The number of nitrogens with zero attached hydrogens (tertiary/aromatic N) is 2. The third-order valence-electron chi connectivity index (χ3n) is 11.5. The van der Waals surface area contributed by atoms with Gasteiger partial charge in [-0.15, -0.1) is 0 Å². The molecule has 0 bridgehead atoms. The van der Waals surface area contributed by atoms with Crippen LogP contribution in [0, 0.1) is 0 Å². The van der Waals surface area contributed by atoms with Crippen molar-refractivity contribution in [2.75, 3.05) is 0 Å². The molecule has 10 aromatic carbocycles. The summed E-state index contributed by atoms with van der Waals surface area (Å²) in [5.41, 5.74) is 10.7. The summed E-state index contributed by atoms with van der Waals surface area (Å²) in [5.74, 6) is 1.07. The minimum absolute atomic E-state index is 0.859. The molecule has 1 aromatic heterocycles. The van der Waals surface area contributed by atoms with Crippen LogP contribution in [-0.4, -0.2) is 9.55 Å². The minimum Gasteiger partial charge on any atom is -0.296 e. The minimum atomic E-state index is 0.859. The van der Waals surface area contributed by atoms with E-state index in [1.54, 1.807) is 0 Å². The number of rotatable bonds is 5. The molecule has 0 aliphatic rings. The summed E-state index contributed by atoms with van der Waals surface area (Å²) in [6.07, 6.45) is 0.859. The molecule has 1 heterocycles. The normalized spacial score (nSPS) is 11.8. The first-order chi connectivity index (χ1) is 27.2. The molecule has 0 N–H and O–H groups in total. The molecule has 0 radical (unpaired) electrons. The fourth-order valence-electron chi connectivity index (χ4n) is 9.05. The molecule has 2 heteroatoms. The van der Waals surface area contributed by atoms with Crippen molar-refractivity contribution >= 4 is 64.9 Å². The van der Waals surface area contributed by atoms with Gasteiger partial charge in [-0.3, -0.25) is 4.57 Å². The topological polar surface area (TPSA) is 17.8 Å². The van der Waals surface area contributed by atoms with Gasteiger partial charge in [0.15, 0.2) is 0 Å². The van der Waals surface area contributed by atoms with Gasteiger partial charge in [-0.25, -0.2) is 4.98 Å². The van der Waals surface area contributed by atoms with E-state index in [1.165, 1.54) is 87.2 Å². The molecular weight excluding hydrogens is 665 g/mol. The number of para-hydroxylation sites is 2. The summed E-state index contributed by atoms with van der Waals surface area (Å²) in [5, 5.41) is 12.7. The maximum absolute atomic E-state index is 4.96. The lowest BCUT2D eigenvalue weighted by Crippen LogP contribution is -2.00. The Kier molecular flexibility index (Phi) is 7.18. The second-order valence-corrected chi connectivity index (χ2v) is 14.5. The lowest BCUT2D eigenvalue weighted by molar-refractivity contribution is 0.908. The van der Waals surface area contributed by atoms with Crippen molar-refractivity contribution in [2.45, 2.75) is 13.3 Å². The fraction of sp³-hybridized carbons (Fsp3) is 0.0377. The Balaban J connectivity index is 1.19. The standard InChI is InChI=1S/C53H36N2/c1-2-51-54-49-22-12-13-23-50(49)55(51)38-28-24-35(25-29-38)52-44-20-10-11-21-45(44)53(48-32-36(26-31-46(48)52)34-14-4-3-5-15-34)37-27-30-43-41-18-7-6-16-39(41)40-17-8-9-19-42(40)47(43)33-37/h3-33H,2H2,1H3. The van der Waals surface area contributed by atoms with Gasteiger partial charge in [-0.2, -0.15) is 0 Å². The predicted molar refractivity (Wildman–Crippen MR) is 234 cm³/mol. The number of aromatic nitrogens is 2. The third kappa shape index (κ3) is 4.92. The van der Waals surface area contributed by atoms with Crippen LogP contribution in [0.1, 0.15) is 12.7 Å². The Labute approximate surface area is 319 Å². The molecule has 0 aliphatic carbocycles. The number of hydrogen-bond acceptors (Lipinski definition) is 1. The van der Waals surface area contributed by atoms with Crippen molar-refractivity contribution < 1.29 is 0 Å². The number of fused-ring (bicyclic) bond motifs is 9. The van der Waals surface area contributed by atoms with Crippen molar-refractivity contribution in [1.82, 2.24) is 9.55 Å². The van der Waals surface area contributed by atoms with Crippen LogP contribution in [0.2, 0.25) is 0 Å². The first kappa shape index (κ1) is 31.5. The number of benzene rings is 10. The summed E-state index contributed by atoms with van der Waals surface area (Å²) >= 11 is 0. The van der Waals surface area contributed by atoms with Gasteiger partial charge in [-0.1, -0.05) is 159 Å². The first-order valence-electron chi connectivity index (χ1n) is 19.2. The Bertz CT molecular complexity index is 3240. The molecule has 0 unspecified atom stereocenters. The second-order valence-electron chi connectivity index (χ2n) is 14.5. The summed E-state index contributed by atoms with van der Waals surface area (Å²) in [7, 11) is 0. The molecule has 55 heavy (non-hydrogen) atoms. The van der Waals surface area contributed by atoms with Crippen LogP contribution in [-0.2, 0) is 6.42 Å². The number of imidazole rings is 1. The zero-order valence-electron chi connectivity index (χ0n) is 30.5. The zero-order chi connectivity index (χ0) is 36.5. The van der Waals surface area contributed by atoms with Crippen molar-refractivity contribution in [3.8, 4) is 39.1 Å². The van der Waals surface area contributed by atoms with Crippen LogP contribution >= 0.6 is 0 Å². The van der Waals surface area contributed by atoms with Crippen LogP contribution in [0.5, 0.6) is 0 Å².